The second kappa shape index (κ2) is 7.44. The van der Waals surface area contributed by atoms with Gasteiger partial charge in [-0.05, 0) is 19.4 Å². The van der Waals surface area contributed by atoms with Gasteiger partial charge in [-0.1, -0.05) is 25.1 Å². The number of rotatable bonds is 7. The van der Waals surface area contributed by atoms with Gasteiger partial charge in [-0.25, -0.2) is 0 Å². The Balaban J connectivity index is 2.45. The molecule has 4 nitrogen and oxygen atoms in total. The lowest BCUT2D eigenvalue weighted by atomic mass is 10.3. The first-order chi connectivity index (χ1) is 8.17. The van der Waals surface area contributed by atoms with Crippen LogP contribution in [0, 0.1) is 0 Å². The molecule has 1 rings (SSSR count). The number of hydrogen-bond acceptors (Lipinski definition) is 4. The number of para-hydroxylation sites is 1. The highest BCUT2D eigenvalue weighted by atomic mass is 28.2. The van der Waals surface area contributed by atoms with Crippen LogP contribution in [0.3, 0.4) is 0 Å². The van der Waals surface area contributed by atoms with Gasteiger partial charge in [0, 0.05) is 12.3 Å². The number of phenolic OH excluding ortho intramolecular Hbond substituents is 1. The maximum absolute atomic E-state index is 9.59. The molecule has 1 N–H and O–H groups in total. The van der Waals surface area contributed by atoms with Crippen molar-refractivity contribution in [2.45, 2.75) is 32.8 Å². The van der Waals surface area contributed by atoms with E-state index in [1.807, 2.05) is 26.0 Å². The van der Waals surface area contributed by atoms with Crippen molar-refractivity contribution in [3.05, 3.63) is 24.3 Å². The van der Waals surface area contributed by atoms with E-state index in [1.54, 1.807) is 19.2 Å². The number of ether oxygens (including phenoxy) is 2. The number of methoxy groups -OCH3 is 1. The Bertz CT molecular complexity index is 332. The van der Waals surface area contributed by atoms with E-state index in [1.165, 1.54) is 0 Å². The van der Waals surface area contributed by atoms with Crippen LogP contribution in [0.15, 0.2) is 24.3 Å². The molecule has 2 atom stereocenters. The van der Waals surface area contributed by atoms with E-state index in [4.69, 9.17) is 13.9 Å². The van der Waals surface area contributed by atoms with E-state index < -0.39 is 0 Å². The summed E-state index contributed by atoms with van der Waals surface area (Å²) in [4.78, 5) is 0. The molecule has 0 spiro atoms. The van der Waals surface area contributed by atoms with Crippen LogP contribution in [0.2, 0.25) is 0 Å². The molecule has 0 bridgehead atoms. The predicted octanol–water partition coefficient (Wildman–Crippen LogP) is 1.40. The largest absolute Gasteiger partial charge is 0.508 e. The minimum Gasteiger partial charge on any atom is -0.508 e. The second-order valence-electron chi connectivity index (χ2n) is 3.51. The highest BCUT2D eigenvalue weighted by Crippen LogP contribution is 2.06. The zero-order chi connectivity index (χ0) is 12.7. The summed E-state index contributed by atoms with van der Waals surface area (Å²) in [7, 11) is 1.65. The van der Waals surface area contributed by atoms with Crippen molar-refractivity contribution in [1.82, 2.24) is 0 Å². The predicted molar refractivity (Wildman–Crippen MR) is 66.2 cm³/mol. The smallest absolute Gasteiger partial charge is 0.276 e. The fraction of sp³-hybridized carbons (Fsp3) is 0.500. The van der Waals surface area contributed by atoms with Gasteiger partial charge in [0.1, 0.15) is 5.75 Å². The van der Waals surface area contributed by atoms with Crippen molar-refractivity contribution in [2.75, 3.05) is 7.11 Å². The standard InChI is InChI=1S/C12H18O4Si/c1-4-12(15-9(2)14-3)16-17-11-8-6-5-7-10(11)13/h5-9,12-13H,4H2,1-3H3. The Labute approximate surface area is 104 Å². The summed E-state index contributed by atoms with van der Waals surface area (Å²) in [5, 5.41) is 10.4. The van der Waals surface area contributed by atoms with Gasteiger partial charge in [0.25, 0.3) is 9.76 Å². The molecule has 2 radical (unpaired) electrons. The molecule has 0 amide bonds. The third-order valence-electron chi connectivity index (χ3n) is 2.21. The van der Waals surface area contributed by atoms with Crippen LogP contribution in [0.4, 0.5) is 0 Å². The van der Waals surface area contributed by atoms with Crippen molar-refractivity contribution >= 4 is 14.9 Å². The van der Waals surface area contributed by atoms with E-state index in [-0.39, 0.29) is 28.1 Å². The molecule has 0 aliphatic carbocycles. The summed E-state index contributed by atoms with van der Waals surface area (Å²) in [6, 6.07) is 7.13. The molecular formula is C12H18O4Si. The highest BCUT2D eigenvalue weighted by molar-refractivity contribution is 6.48. The van der Waals surface area contributed by atoms with E-state index in [9.17, 15) is 5.11 Å². The topological polar surface area (TPSA) is 47.9 Å². The zero-order valence-corrected chi connectivity index (χ0v) is 11.3. The lowest BCUT2D eigenvalue weighted by molar-refractivity contribution is -0.200. The SMILES string of the molecule is CCC(O[Si]c1ccccc1O)OC(C)OC. The third-order valence-corrected chi connectivity index (χ3v) is 3.24. The Morgan fingerprint density at radius 3 is 2.65 bits per heavy atom. The first-order valence-electron chi connectivity index (χ1n) is 5.55. The summed E-state index contributed by atoms with van der Waals surface area (Å²) in [5.41, 5.74) is 0. The summed E-state index contributed by atoms with van der Waals surface area (Å²) in [5.74, 6) is 0.250. The Hall–Kier alpha value is -0.883. The van der Waals surface area contributed by atoms with E-state index in [0.717, 1.165) is 11.6 Å². The number of aromatic hydroxyl groups is 1. The molecule has 17 heavy (non-hydrogen) atoms. The molecule has 5 heteroatoms. The average molecular weight is 254 g/mol. The second-order valence-corrected chi connectivity index (χ2v) is 4.49. The van der Waals surface area contributed by atoms with Crippen LogP contribution < -0.4 is 5.19 Å². The van der Waals surface area contributed by atoms with E-state index >= 15 is 0 Å². The van der Waals surface area contributed by atoms with Crippen molar-refractivity contribution in [3.8, 4) is 5.75 Å². The molecule has 0 fully saturated rings. The summed E-state index contributed by atoms with van der Waals surface area (Å²) in [6.45, 7) is 3.79. The van der Waals surface area contributed by atoms with Gasteiger partial charge in [0.15, 0.2) is 12.6 Å². The molecule has 0 aromatic heterocycles. The molecule has 1 aromatic carbocycles. The maximum Gasteiger partial charge on any atom is 0.276 e. The summed E-state index contributed by atoms with van der Waals surface area (Å²) in [6.07, 6.45) is 0.117. The van der Waals surface area contributed by atoms with Gasteiger partial charge in [0.05, 0.1) is 0 Å². The van der Waals surface area contributed by atoms with Crippen molar-refractivity contribution in [1.29, 1.82) is 0 Å². The van der Waals surface area contributed by atoms with Crippen LogP contribution in [-0.4, -0.2) is 34.6 Å². The average Bonchev–Trinajstić information content (AvgIpc) is 2.35. The minimum atomic E-state index is -0.317. The van der Waals surface area contributed by atoms with Crippen LogP contribution >= 0.6 is 0 Å². The van der Waals surface area contributed by atoms with Crippen molar-refractivity contribution in [3.63, 3.8) is 0 Å². The molecule has 94 valence electrons. The van der Waals surface area contributed by atoms with Gasteiger partial charge in [-0.2, -0.15) is 0 Å². The van der Waals surface area contributed by atoms with Gasteiger partial charge < -0.3 is 19.0 Å². The van der Waals surface area contributed by atoms with Crippen LogP contribution in [0.5, 0.6) is 5.75 Å². The lowest BCUT2D eigenvalue weighted by Crippen LogP contribution is -2.29. The van der Waals surface area contributed by atoms with Crippen LogP contribution in [-0.2, 0) is 13.9 Å². The van der Waals surface area contributed by atoms with Crippen molar-refractivity contribution < 1.29 is 19.0 Å². The molecule has 0 aliphatic rings. The number of benzene rings is 1. The molecule has 0 saturated carbocycles. The fourth-order valence-electron chi connectivity index (χ4n) is 1.17. The molecular weight excluding hydrogens is 236 g/mol. The summed E-state index contributed by atoms with van der Waals surface area (Å²) >= 11 is 0. The first kappa shape index (κ1) is 14.2. The molecule has 2 unspecified atom stereocenters. The number of phenols is 1. The maximum atomic E-state index is 9.59. The first-order valence-corrected chi connectivity index (χ1v) is 6.46. The Kier molecular flexibility index (Phi) is 6.21. The summed E-state index contributed by atoms with van der Waals surface area (Å²) < 4.78 is 16.1. The normalized spacial score (nSPS) is 14.5. The monoisotopic (exact) mass is 254 g/mol. The van der Waals surface area contributed by atoms with E-state index in [2.05, 4.69) is 0 Å². The van der Waals surface area contributed by atoms with Gasteiger partial charge in [0.2, 0.25) is 0 Å². The fourth-order valence-corrected chi connectivity index (χ4v) is 2.00. The van der Waals surface area contributed by atoms with Gasteiger partial charge in [-0.3, -0.25) is 0 Å². The highest BCUT2D eigenvalue weighted by Gasteiger charge is 2.13. The lowest BCUT2D eigenvalue weighted by Gasteiger charge is -2.20. The van der Waals surface area contributed by atoms with E-state index in [0.29, 0.717) is 0 Å². The Morgan fingerprint density at radius 1 is 1.35 bits per heavy atom. The quantitative estimate of drug-likeness (QED) is 0.590. The number of hydrogen-bond donors (Lipinski definition) is 1. The zero-order valence-electron chi connectivity index (χ0n) is 10.3. The van der Waals surface area contributed by atoms with Gasteiger partial charge in [-0.15, -0.1) is 0 Å². The Morgan fingerprint density at radius 2 is 2.06 bits per heavy atom. The van der Waals surface area contributed by atoms with Crippen LogP contribution in [0.25, 0.3) is 0 Å². The molecule has 1 aromatic rings. The van der Waals surface area contributed by atoms with Crippen molar-refractivity contribution in [2.24, 2.45) is 0 Å². The molecule has 0 aliphatic heterocycles. The minimum absolute atomic E-state index is 0.0608. The third kappa shape index (κ3) is 4.87. The molecule has 0 heterocycles. The van der Waals surface area contributed by atoms with Gasteiger partial charge >= 0.3 is 0 Å². The van der Waals surface area contributed by atoms with Crippen LogP contribution in [0.1, 0.15) is 20.3 Å². The molecule has 0 saturated heterocycles.